The molecule has 1 aromatic rings. The average molecular weight is 432 g/mol. The van der Waals surface area contributed by atoms with E-state index >= 15 is 0 Å². The van der Waals surface area contributed by atoms with Gasteiger partial charge in [-0.15, -0.1) is 24.0 Å². The van der Waals surface area contributed by atoms with Crippen molar-refractivity contribution >= 4 is 53.1 Å². The summed E-state index contributed by atoms with van der Waals surface area (Å²) in [7, 11) is 0. The van der Waals surface area contributed by atoms with Crippen LogP contribution in [0.5, 0.6) is 0 Å². The fourth-order valence-corrected chi connectivity index (χ4v) is 2.15. The van der Waals surface area contributed by atoms with Crippen LogP contribution < -0.4 is 11.1 Å². The molecule has 0 bridgehead atoms. The number of hydrogen-bond acceptors (Lipinski definition) is 2. The number of nitrogens with two attached hydrogens (primary N) is 1. The van der Waals surface area contributed by atoms with Crippen LogP contribution in [0.25, 0.3) is 0 Å². The van der Waals surface area contributed by atoms with E-state index in [4.69, 9.17) is 33.7 Å². The highest BCUT2D eigenvalue weighted by Crippen LogP contribution is 2.25. The van der Waals surface area contributed by atoms with Crippen molar-refractivity contribution in [2.24, 2.45) is 10.7 Å². The second-order valence-corrected chi connectivity index (χ2v) is 4.84. The van der Waals surface area contributed by atoms with E-state index in [1.54, 1.807) is 12.1 Å². The predicted octanol–water partition coefficient (Wildman–Crippen LogP) is 3.61. The largest absolute Gasteiger partial charge is 0.380 e. The third kappa shape index (κ3) is 6.97. The molecular formula is C13H20Cl2IN3O. The van der Waals surface area contributed by atoms with Crippen LogP contribution in [0.2, 0.25) is 10.0 Å². The first-order valence-corrected chi connectivity index (χ1v) is 6.89. The van der Waals surface area contributed by atoms with E-state index in [-0.39, 0.29) is 30.0 Å². The summed E-state index contributed by atoms with van der Waals surface area (Å²) in [5.41, 5.74) is 6.71. The number of rotatable bonds is 6. The number of aliphatic imine (C=N–C) groups is 1. The third-order valence-corrected chi connectivity index (χ3v) is 3.08. The van der Waals surface area contributed by atoms with Gasteiger partial charge in [0.1, 0.15) is 0 Å². The summed E-state index contributed by atoms with van der Waals surface area (Å²) in [4.78, 5) is 4.16. The highest BCUT2D eigenvalue weighted by molar-refractivity contribution is 14.0. The van der Waals surface area contributed by atoms with E-state index < -0.39 is 0 Å². The minimum Gasteiger partial charge on any atom is -0.380 e. The Kier molecular flexibility index (Phi) is 10.4. The van der Waals surface area contributed by atoms with Crippen LogP contribution in [0.4, 0.5) is 0 Å². The lowest BCUT2D eigenvalue weighted by atomic mass is 10.1. The molecule has 0 aliphatic carbocycles. The van der Waals surface area contributed by atoms with Gasteiger partial charge in [0, 0.05) is 16.7 Å². The Morgan fingerprint density at radius 3 is 2.75 bits per heavy atom. The van der Waals surface area contributed by atoms with Gasteiger partial charge in [-0.25, -0.2) is 0 Å². The maximum absolute atomic E-state index is 6.13. The van der Waals surface area contributed by atoms with Crippen LogP contribution in [-0.2, 0) is 4.74 Å². The molecule has 4 nitrogen and oxygen atoms in total. The summed E-state index contributed by atoms with van der Waals surface area (Å²) in [6.07, 6.45) is 0. The molecule has 0 spiro atoms. The van der Waals surface area contributed by atoms with Gasteiger partial charge >= 0.3 is 0 Å². The van der Waals surface area contributed by atoms with E-state index in [1.165, 1.54) is 0 Å². The zero-order chi connectivity index (χ0) is 14.3. The Morgan fingerprint density at radius 2 is 2.15 bits per heavy atom. The summed E-state index contributed by atoms with van der Waals surface area (Å²) in [5.74, 6) is 0.373. The van der Waals surface area contributed by atoms with Crippen LogP contribution in [0.3, 0.4) is 0 Å². The normalized spacial score (nSPS) is 12.7. The van der Waals surface area contributed by atoms with Crippen molar-refractivity contribution in [3.63, 3.8) is 0 Å². The zero-order valence-electron chi connectivity index (χ0n) is 11.5. The molecule has 1 atom stereocenters. The summed E-state index contributed by atoms with van der Waals surface area (Å²) in [6.45, 7) is 5.68. The highest BCUT2D eigenvalue weighted by Gasteiger charge is 2.10. The minimum atomic E-state index is -0.0411. The zero-order valence-corrected chi connectivity index (χ0v) is 15.4. The van der Waals surface area contributed by atoms with Crippen LogP contribution in [-0.4, -0.2) is 25.7 Å². The molecule has 1 unspecified atom stereocenters. The molecule has 0 aromatic heterocycles. The van der Waals surface area contributed by atoms with Gasteiger partial charge in [0.25, 0.3) is 0 Å². The van der Waals surface area contributed by atoms with E-state index in [9.17, 15) is 0 Å². The lowest BCUT2D eigenvalue weighted by molar-refractivity contribution is 0.155. The Morgan fingerprint density at radius 1 is 1.45 bits per heavy atom. The van der Waals surface area contributed by atoms with Gasteiger partial charge in [0.2, 0.25) is 0 Å². The first-order chi connectivity index (χ1) is 9.04. The minimum absolute atomic E-state index is 0. The summed E-state index contributed by atoms with van der Waals surface area (Å²) in [5, 5.41) is 4.29. The molecule has 1 aromatic carbocycles. The van der Waals surface area contributed by atoms with E-state index in [2.05, 4.69) is 10.3 Å². The maximum Gasteiger partial charge on any atom is 0.189 e. The van der Waals surface area contributed by atoms with E-state index in [0.29, 0.717) is 35.8 Å². The number of nitrogens with one attached hydrogen (secondary N) is 1. The van der Waals surface area contributed by atoms with E-state index in [1.807, 2.05) is 19.9 Å². The quantitative estimate of drug-likeness (QED) is 0.313. The number of nitrogens with zero attached hydrogens (tertiary/aromatic N) is 1. The monoisotopic (exact) mass is 431 g/mol. The summed E-state index contributed by atoms with van der Waals surface area (Å²) >= 11 is 12.0. The van der Waals surface area contributed by atoms with Gasteiger partial charge in [-0.05, 0) is 31.5 Å². The van der Waals surface area contributed by atoms with Crippen molar-refractivity contribution in [3.05, 3.63) is 33.8 Å². The van der Waals surface area contributed by atoms with Crippen LogP contribution in [0, 0.1) is 0 Å². The molecule has 0 aliphatic rings. The van der Waals surface area contributed by atoms with E-state index in [0.717, 1.165) is 5.56 Å². The van der Waals surface area contributed by atoms with Crippen molar-refractivity contribution in [1.29, 1.82) is 0 Å². The molecule has 0 fully saturated rings. The van der Waals surface area contributed by atoms with Crippen molar-refractivity contribution in [1.82, 2.24) is 5.32 Å². The molecule has 114 valence electrons. The third-order valence-electron chi connectivity index (χ3n) is 2.52. The first kappa shape index (κ1) is 19.8. The molecular weight excluding hydrogens is 412 g/mol. The second-order valence-electron chi connectivity index (χ2n) is 4.00. The van der Waals surface area contributed by atoms with Crippen molar-refractivity contribution < 1.29 is 4.74 Å². The predicted molar refractivity (Wildman–Crippen MR) is 96.4 cm³/mol. The van der Waals surface area contributed by atoms with Gasteiger partial charge in [-0.2, -0.15) is 0 Å². The fourth-order valence-electron chi connectivity index (χ4n) is 1.57. The van der Waals surface area contributed by atoms with Crippen molar-refractivity contribution in [3.8, 4) is 0 Å². The molecule has 0 saturated heterocycles. The highest BCUT2D eigenvalue weighted by atomic mass is 127. The summed E-state index contributed by atoms with van der Waals surface area (Å²) in [6, 6.07) is 5.33. The maximum atomic E-state index is 6.13. The molecule has 3 N–H and O–H groups in total. The Balaban J connectivity index is 0.00000361. The molecule has 0 radical (unpaired) electrons. The smallest absolute Gasteiger partial charge is 0.189 e. The molecule has 20 heavy (non-hydrogen) atoms. The van der Waals surface area contributed by atoms with Crippen molar-refractivity contribution in [2.75, 3.05) is 19.8 Å². The van der Waals surface area contributed by atoms with Gasteiger partial charge in [-0.3, -0.25) is 4.99 Å². The average Bonchev–Trinajstić information content (AvgIpc) is 2.34. The molecule has 0 heterocycles. The molecule has 7 heteroatoms. The molecule has 0 aliphatic heterocycles. The second kappa shape index (κ2) is 10.5. The molecule has 1 rings (SSSR count). The Hall–Kier alpha value is -0.240. The Bertz CT molecular complexity index is 444. The standard InChI is InChI=1S/C13H19Cl2N3O.HI/c1-3-19-7-6-17-13(16)18-9(2)11-5-4-10(14)8-12(11)15;/h4-5,8-9H,3,6-7H2,1-2H3,(H3,16,17,18);1H. The van der Waals surface area contributed by atoms with Gasteiger partial charge in [0.15, 0.2) is 5.96 Å². The van der Waals surface area contributed by atoms with Crippen molar-refractivity contribution in [2.45, 2.75) is 19.9 Å². The van der Waals surface area contributed by atoms with Crippen LogP contribution in [0.15, 0.2) is 23.2 Å². The molecule has 0 saturated carbocycles. The number of halogens is 3. The van der Waals surface area contributed by atoms with Crippen LogP contribution >= 0.6 is 47.2 Å². The van der Waals surface area contributed by atoms with Gasteiger partial charge in [-0.1, -0.05) is 29.3 Å². The first-order valence-electron chi connectivity index (χ1n) is 6.13. The number of ether oxygens (including phenoxy) is 1. The van der Waals surface area contributed by atoms with Crippen LogP contribution in [0.1, 0.15) is 25.5 Å². The number of benzene rings is 1. The number of hydrogen-bond donors (Lipinski definition) is 2. The number of guanidine groups is 1. The van der Waals surface area contributed by atoms with Gasteiger partial charge in [0.05, 0.1) is 19.2 Å². The fraction of sp³-hybridized carbons (Fsp3) is 0.462. The van der Waals surface area contributed by atoms with Gasteiger partial charge < -0.3 is 15.8 Å². The topological polar surface area (TPSA) is 59.6 Å². The summed E-state index contributed by atoms with van der Waals surface area (Å²) < 4.78 is 5.18. The lowest BCUT2D eigenvalue weighted by Crippen LogP contribution is -2.34. The lowest BCUT2D eigenvalue weighted by Gasteiger charge is -2.16. The Labute approximate surface area is 147 Å². The molecule has 0 amide bonds. The SMILES string of the molecule is CCOCCN=C(N)NC(C)c1ccc(Cl)cc1Cl.I.